The van der Waals surface area contributed by atoms with Crippen LogP contribution >= 0.6 is 11.6 Å². The van der Waals surface area contributed by atoms with Gasteiger partial charge in [-0.25, -0.2) is 9.97 Å². The minimum absolute atomic E-state index is 0.0391. The van der Waals surface area contributed by atoms with Crippen molar-refractivity contribution in [1.82, 2.24) is 9.97 Å². The molecule has 6 heteroatoms. The standard InChI is InChI=1S/C20H23ClN2O3/c1-2-26-19(25)9-7-5-3-4-6-8-15-13-22-20(23-14-15)16-10-11-18(24)17(21)12-16/h6,8,10-14,24H,2-5,7,9H2,1H3/b8-6+. The summed E-state index contributed by atoms with van der Waals surface area (Å²) in [5.74, 6) is 0.482. The number of phenolic OH excluding ortho intramolecular Hbond substituents is 1. The van der Waals surface area contributed by atoms with Crippen LogP contribution in [0.5, 0.6) is 5.75 Å². The summed E-state index contributed by atoms with van der Waals surface area (Å²) in [5.41, 5.74) is 1.68. The van der Waals surface area contributed by atoms with E-state index < -0.39 is 0 Å². The van der Waals surface area contributed by atoms with E-state index in [9.17, 15) is 9.90 Å². The third kappa shape index (κ3) is 6.48. The Labute approximate surface area is 158 Å². The number of rotatable bonds is 9. The van der Waals surface area contributed by atoms with E-state index in [1.807, 2.05) is 13.0 Å². The molecule has 138 valence electrons. The average Bonchev–Trinajstić information content (AvgIpc) is 2.64. The molecule has 1 aromatic heterocycles. The van der Waals surface area contributed by atoms with Crippen molar-refractivity contribution < 1.29 is 14.6 Å². The molecule has 2 rings (SSSR count). The Morgan fingerprint density at radius 1 is 1.23 bits per heavy atom. The zero-order valence-corrected chi connectivity index (χ0v) is 15.6. The summed E-state index contributed by atoms with van der Waals surface area (Å²) in [7, 11) is 0. The molecule has 0 aliphatic carbocycles. The van der Waals surface area contributed by atoms with E-state index in [1.54, 1.807) is 24.5 Å². The molecule has 0 radical (unpaired) electrons. The number of phenols is 1. The molecule has 1 N–H and O–H groups in total. The van der Waals surface area contributed by atoms with Gasteiger partial charge in [-0.1, -0.05) is 30.2 Å². The number of ether oxygens (including phenoxy) is 1. The zero-order chi connectivity index (χ0) is 18.8. The third-order valence-corrected chi connectivity index (χ3v) is 4.05. The molecule has 1 heterocycles. The van der Waals surface area contributed by atoms with Gasteiger partial charge in [0.25, 0.3) is 0 Å². The van der Waals surface area contributed by atoms with Crippen LogP contribution in [0, 0.1) is 0 Å². The summed E-state index contributed by atoms with van der Waals surface area (Å²) in [5, 5.41) is 9.73. The predicted octanol–water partition coefficient (Wildman–Crippen LogP) is 5.03. The van der Waals surface area contributed by atoms with E-state index in [0.29, 0.717) is 18.9 Å². The maximum absolute atomic E-state index is 11.2. The van der Waals surface area contributed by atoms with Gasteiger partial charge in [0.2, 0.25) is 0 Å². The Kier molecular flexibility index (Phi) is 8.09. The molecular weight excluding hydrogens is 352 g/mol. The number of aromatic hydroxyl groups is 1. The van der Waals surface area contributed by atoms with Gasteiger partial charge >= 0.3 is 5.97 Å². The second-order valence-corrected chi connectivity index (χ2v) is 6.22. The maximum Gasteiger partial charge on any atom is 0.305 e. The number of allylic oxidation sites excluding steroid dienone is 1. The van der Waals surface area contributed by atoms with Crippen LogP contribution in [0.4, 0.5) is 0 Å². The van der Waals surface area contributed by atoms with Crippen molar-refractivity contribution in [3.8, 4) is 17.1 Å². The van der Waals surface area contributed by atoms with E-state index in [0.717, 1.165) is 36.8 Å². The number of aromatic nitrogens is 2. The number of nitrogens with zero attached hydrogens (tertiary/aromatic N) is 2. The van der Waals surface area contributed by atoms with Gasteiger partial charge in [0.05, 0.1) is 11.6 Å². The topological polar surface area (TPSA) is 72.3 Å². The first-order valence-corrected chi connectivity index (χ1v) is 9.11. The zero-order valence-electron chi connectivity index (χ0n) is 14.8. The molecule has 0 saturated carbocycles. The highest BCUT2D eigenvalue weighted by Crippen LogP contribution is 2.27. The SMILES string of the molecule is CCOC(=O)CCCCC/C=C/c1cnc(-c2ccc(O)c(Cl)c2)nc1. The van der Waals surface area contributed by atoms with Gasteiger partial charge in [-0.05, 0) is 44.4 Å². The fraction of sp³-hybridized carbons (Fsp3) is 0.350. The predicted molar refractivity (Wildman–Crippen MR) is 103 cm³/mol. The van der Waals surface area contributed by atoms with Crippen molar-refractivity contribution in [3.05, 3.63) is 47.3 Å². The average molecular weight is 375 g/mol. The minimum Gasteiger partial charge on any atom is -0.506 e. The van der Waals surface area contributed by atoms with E-state index in [1.165, 1.54) is 6.07 Å². The van der Waals surface area contributed by atoms with Crippen LogP contribution in [0.25, 0.3) is 17.5 Å². The fourth-order valence-electron chi connectivity index (χ4n) is 2.38. The van der Waals surface area contributed by atoms with Crippen LogP contribution in [-0.2, 0) is 9.53 Å². The molecule has 0 spiro atoms. The van der Waals surface area contributed by atoms with Crippen LogP contribution in [0.2, 0.25) is 5.02 Å². The van der Waals surface area contributed by atoms with Crippen LogP contribution < -0.4 is 0 Å². The number of carbonyl (C=O) groups excluding carboxylic acids is 1. The normalized spacial score (nSPS) is 11.0. The largest absolute Gasteiger partial charge is 0.506 e. The van der Waals surface area contributed by atoms with Crippen molar-refractivity contribution in [2.45, 2.75) is 39.0 Å². The number of hydrogen-bond acceptors (Lipinski definition) is 5. The molecule has 0 aliphatic rings. The molecule has 1 aromatic carbocycles. The molecule has 0 unspecified atom stereocenters. The summed E-state index contributed by atoms with van der Waals surface area (Å²) in [6.45, 7) is 2.26. The molecular formula is C20H23ClN2O3. The van der Waals surface area contributed by atoms with Crippen LogP contribution in [-0.4, -0.2) is 27.7 Å². The van der Waals surface area contributed by atoms with E-state index >= 15 is 0 Å². The van der Waals surface area contributed by atoms with E-state index in [4.69, 9.17) is 16.3 Å². The highest BCUT2D eigenvalue weighted by molar-refractivity contribution is 6.32. The van der Waals surface area contributed by atoms with Crippen molar-refractivity contribution in [1.29, 1.82) is 0 Å². The number of halogens is 1. The summed E-state index contributed by atoms with van der Waals surface area (Å²) in [4.78, 5) is 19.9. The second kappa shape index (κ2) is 10.6. The summed E-state index contributed by atoms with van der Waals surface area (Å²) in [6, 6.07) is 4.89. The fourth-order valence-corrected chi connectivity index (χ4v) is 2.56. The van der Waals surface area contributed by atoms with Gasteiger partial charge < -0.3 is 9.84 Å². The Morgan fingerprint density at radius 2 is 2.00 bits per heavy atom. The lowest BCUT2D eigenvalue weighted by molar-refractivity contribution is -0.143. The molecule has 0 fully saturated rings. The quantitative estimate of drug-likeness (QED) is 0.492. The monoisotopic (exact) mass is 374 g/mol. The number of benzene rings is 1. The highest BCUT2D eigenvalue weighted by Gasteiger charge is 2.04. The Morgan fingerprint density at radius 3 is 2.69 bits per heavy atom. The third-order valence-electron chi connectivity index (χ3n) is 3.75. The first-order chi connectivity index (χ1) is 12.6. The lowest BCUT2D eigenvalue weighted by Gasteiger charge is -2.02. The van der Waals surface area contributed by atoms with Crippen LogP contribution in [0.3, 0.4) is 0 Å². The maximum atomic E-state index is 11.2. The van der Waals surface area contributed by atoms with Gasteiger partial charge in [-0.3, -0.25) is 4.79 Å². The van der Waals surface area contributed by atoms with Crippen molar-refractivity contribution in [2.24, 2.45) is 0 Å². The number of hydrogen-bond donors (Lipinski definition) is 1. The van der Waals surface area contributed by atoms with Crippen molar-refractivity contribution >= 4 is 23.6 Å². The van der Waals surface area contributed by atoms with Gasteiger partial charge in [-0.15, -0.1) is 0 Å². The lowest BCUT2D eigenvalue weighted by atomic mass is 10.1. The summed E-state index contributed by atoms with van der Waals surface area (Å²) >= 11 is 5.91. The van der Waals surface area contributed by atoms with Crippen molar-refractivity contribution in [3.63, 3.8) is 0 Å². The van der Waals surface area contributed by atoms with Gasteiger partial charge in [0.15, 0.2) is 5.82 Å². The first kappa shape index (κ1) is 19.9. The van der Waals surface area contributed by atoms with Crippen molar-refractivity contribution in [2.75, 3.05) is 6.61 Å². The summed E-state index contributed by atoms with van der Waals surface area (Å²) < 4.78 is 4.89. The Balaban J connectivity index is 1.75. The van der Waals surface area contributed by atoms with Gasteiger partial charge in [-0.2, -0.15) is 0 Å². The molecule has 2 aromatic rings. The van der Waals surface area contributed by atoms with Gasteiger partial charge in [0.1, 0.15) is 5.75 Å². The summed E-state index contributed by atoms with van der Waals surface area (Å²) in [6.07, 6.45) is 11.9. The molecule has 5 nitrogen and oxygen atoms in total. The highest BCUT2D eigenvalue weighted by atomic mass is 35.5. The number of esters is 1. The van der Waals surface area contributed by atoms with Gasteiger partial charge in [0, 0.05) is 29.9 Å². The molecule has 0 amide bonds. The van der Waals surface area contributed by atoms with E-state index in [-0.39, 0.29) is 16.7 Å². The Bertz CT molecular complexity index is 745. The molecule has 0 aliphatic heterocycles. The number of carbonyl (C=O) groups is 1. The Hall–Kier alpha value is -2.40. The molecule has 0 atom stereocenters. The first-order valence-electron chi connectivity index (χ1n) is 8.73. The number of unbranched alkanes of at least 4 members (excludes halogenated alkanes) is 3. The van der Waals surface area contributed by atoms with Crippen LogP contribution in [0.1, 0.15) is 44.6 Å². The smallest absolute Gasteiger partial charge is 0.305 e. The second-order valence-electron chi connectivity index (χ2n) is 5.81. The molecule has 0 bridgehead atoms. The molecule has 0 saturated heterocycles. The minimum atomic E-state index is -0.116. The van der Waals surface area contributed by atoms with Crippen LogP contribution in [0.15, 0.2) is 36.7 Å². The molecule has 26 heavy (non-hydrogen) atoms. The van der Waals surface area contributed by atoms with E-state index in [2.05, 4.69) is 16.0 Å². The lowest BCUT2D eigenvalue weighted by Crippen LogP contribution is -2.02.